The molecule has 0 radical (unpaired) electrons. The molecule has 0 N–H and O–H groups in total. The molecule has 8 heteroatoms. The van der Waals surface area contributed by atoms with Gasteiger partial charge in [0.1, 0.15) is 7.14 Å². The first-order chi connectivity index (χ1) is 12.3. The van der Waals surface area contributed by atoms with E-state index in [2.05, 4.69) is 4.98 Å². The van der Waals surface area contributed by atoms with Crippen molar-refractivity contribution in [1.29, 1.82) is 0 Å². The van der Waals surface area contributed by atoms with Gasteiger partial charge in [0.15, 0.2) is 11.2 Å². The maximum atomic E-state index is 13.1. The van der Waals surface area contributed by atoms with Crippen molar-refractivity contribution in [2.75, 3.05) is 13.3 Å². The van der Waals surface area contributed by atoms with Gasteiger partial charge in [0.25, 0.3) is 5.56 Å². The molecule has 136 valence electrons. The third-order valence-electron chi connectivity index (χ3n) is 4.55. The van der Waals surface area contributed by atoms with Crippen LogP contribution in [0.15, 0.2) is 46.2 Å². The zero-order valence-corrected chi connectivity index (χ0v) is 15.7. The molecule has 3 aromatic rings. The van der Waals surface area contributed by atoms with E-state index in [1.54, 1.807) is 31.8 Å². The highest BCUT2D eigenvalue weighted by Crippen LogP contribution is 2.37. The van der Waals surface area contributed by atoms with E-state index < -0.39 is 18.4 Å². The van der Waals surface area contributed by atoms with Gasteiger partial charge in [-0.1, -0.05) is 18.2 Å². The summed E-state index contributed by atoms with van der Waals surface area (Å²) in [6.45, 7) is 3.88. The van der Waals surface area contributed by atoms with Gasteiger partial charge in [0.2, 0.25) is 0 Å². The summed E-state index contributed by atoms with van der Waals surface area (Å²) >= 11 is 0. The normalized spacial score (nSPS) is 14.8. The van der Waals surface area contributed by atoms with Crippen LogP contribution < -0.4 is 11.2 Å². The SMILES string of the molecule is CP(C)(=O)Cn1c(=O)c2c(ncn2CC2CC2)n(-c2ccccc2)c1=O. The number of fused-ring (bicyclic) bond motifs is 1. The number of rotatable bonds is 5. The topological polar surface area (TPSA) is 78.9 Å². The molecule has 0 spiro atoms. The molecule has 0 amide bonds. The smallest absolute Gasteiger partial charge is 0.324 e. The van der Waals surface area contributed by atoms with Gasteiger partial charge in [-0.3, -0.25) is 9.36 Å². The fraction of sp³-hybridized carbons (Fsp3) is 0.389. The quantitative estimate of drug-likeness (QED) is 0.644. The predicted molar refractivity (Wildman–Crippen MR) is 102 cm³/mol. The van der Waals surface area contributed by atoms with Crippen molar-refractivity contribution in [2.45, 2.75) is 25.7 Å². The molecule has 7 nitrogen and oxygen atoms in total. The average Bonchev–Trinajstić information content (AvgIpc) is 3.31. The number of para-hydroxylation sites is 1. The highest BCUT2D eigenvalue weighted by molar-refractivity contribution is 7.61. The second kappa shape index (κ2) is 6.09. The van der Waals surface area contributed by atoms with Crippen LogP contribution in [-0.4, -0.2) is 32.0 Å². The molecule has 4 rings (SSSR count). The van der Waals surface area contributed by atoms with Crippen LogP contribution >= 0.6 is 7.14 Å². The standard InChI is InChI=1S/C18H21N4O3P/c1-26(2,25)12-21-17(23)15-16(19-11-20(15)10-13-8-9-13)22(18(21)24)14-6-4-3-5-7-14/h3-7,11,13H,8-10,12H2,1-2H3. The van der Waals surface area contributed by atoms with Crippen molar-refractivity contribution in [1.82, 2.24) is 18.7 Å². The van der Waals surface area contributed by atoms with E-state index in [1.165, 1.54) is 4.57 Å². The Bertz CT molecular complexity index is 1130. The van der Waals surface area contributed by atoms with Crippen LogP contribution in [0.5, 0.6) is 0 Å². The van der Waals surface area contributed by atoms with Gasteiger partial charge in [-0.15, -0.1) is 0 Å². The van der Waals surface area contributed by atoms with E-state index in [-0.39, 0.29) is 6.29 Å². The van der Waals surface area contributed by atoms with Crippen molar-refractivity contribution < 1.29 is 4.57 Å². The number of nitrogens with zero attached hydrogens (tertiary/aromatic N) is 4. The summed E-state index contributed by atoms with van der Waals surface area (Å²) in [6, 6.07) is 9.11. The van der Waals surface area contributed by atoms with Crippen LogP contribution in [0.1, 0.15) is 12.8 Å². The Morgan fingerprint density at radius 1 is 1.15 bits per heavy atom. The molecule has 26 heavy (non-hydrogen) atoms. The van der Waals surface area contributed by atoms with Crippen LogP contribution in [-0.2, 0) is 17.4 Å². The van der Waals surface area contributed by atoms with E-state index in [0.717, 1.165) is 17.4 Å². The molecule has 1 aromatic carbocycles. The summed E-state index contributed by atoms with van der Waals surface area (Å²) in [5.41, 5.74) is 0.461. The van der Waals surface area contributed by atoms with Crippen LogP contribution in [0.2, 0.25) is 0 Å². The maximum absolute atomic E-state index is 13.1. The Hall–Kier alpha value is -2.40. The Labute approximate surface area is 150 Å². The van der Waals surface area contributed by atoms with Crippen molar-refractivity contribution >= 4 is 18.3 Å². The molecular formula is C18H21N4O3P. The van der Waals surface area contributed by atoms with Crippen LogP contribution in [0.3, 0.4) is 0 Å². The minimum Gasteiger partial charge on any atom is -0.324 e. The Morgan fingerprint density at radius 2 is 1.85 bits per heavy atom. The summed E-state index contributed by atoms with van der Waals surface area (Å²) < 4.78 is 16.7. The van der Waals surface area contributed by atoms with Crippen molar-refractivity contribution in [3.05, 3.63) is 57.5 Å². The Balaban J connectivity index is 2.05. The number of benzene rings is 1. The summed E-state index contributed by atoms with van der Waals surface area (Å²) in [5.74, 6) is 0.556. The molecule has 1 aliphatic carbocycles. The summed E-state index contributed by atoms with van der Waals surface area (Å²) in [5, 5.41) is 0. The first-order valence-corrected chi connectivity index (χ1v) is 11.4. The first kappa shape index (κ1) is 17.0. The first-order valence-electron chi connectivity index (χ1n) is 8.65. The average molecular weight is 372 g/mol. The van der Waals surface area contributed by atoms with Crippen molar-refractivity contribution in [3.63, 3.8) is 0 Å². The van der Waals surface area contributed by atoms with Gasteiger partial charge < -0.3 is 9.13 Å². The summed E-state index contributed by atoms with van der Waals surface area (Å²) in [4.78, 5) is 30.5. The zero-order valence-electron chi connectivity index (χ0n) is 14.8. The predicted octanol–water partition coefficient (Wildman–Crippen LogP) is 2.34. The molecule has 0 atom stereocenters. The molecule has 0 bridgehead atoms. The molecule has 1 fully saturated rings. The lowest BCUT2D eigenvalue weighted by molar-refractivity contribution is 0.569. The minimum absolute atomic E-state index is 0.0813. The van der Waals surface area contributed by atoms with Crippen molar-refractivity contribution in [2.24, 2.45) is 5.92 Å². The molecule has 0 unspecified atom stereocenters. The highest BCUT2D eigenvalue weighted by atomic mass is 31.2. The Morgan fingerprint density at radius 3 is 2.46 bits per heavy atom. The van der Waals surface area contributed by atoms with Gasteiger partial charge >= 0.3 is 5.69 Å². The van der Waals surface area contributed by atoms with Gasteiger partial charge in [-0.2, -0.15) is 0 Å². The number of hydrogen-bond donors (Lipinski definition) is 0. The van der Waals surface area contributed by atoms with Gasteiger partial charge in [0, 0.05) is 6.54 Å². The second-order valence-corrected chi connectivity index (χ2v) is 10.8. The van der Waals surface area contributed by atoms with Gasteiger partial charge in [-0.05, 0) is 44.2 Å². The molecule has 2 heterocycles. The molecule has 0 saturated heterocycles. The zero-order chi connectivity index (χ0) is 18.5. The van der Waals surface area contributed by atoms with E-state index in [1.807, 2.05) is 22.8 Å². The molecule has 1 aliphatic rings. The lowest BCUT2D eigenvalue weighted by atomic mass is 10.3. The van der Waals surface area contributed by atoms with Crippen molar-refractivity contribution in [3.8, 4) is 5.69 Å². The molecule has 0 aliphatic heterocycles. The lowest BCUT2D eigenvalue weighted by Gasteiger charge is -2.14. The van der Waals surface area contributed by atoms with E-state index in [4.69, 9.17) is 0 Å². The second-order valence-electron chi connectivity index (χ2n) is 7.41. The fourth-order valence-corrected chi connectivity index (χ4v) is 4.10. The summed E-state index contributed by atoms with van der Waals surface area (Å²) in [6.07, 6.45) is 3.84. The fourth-order valence-electron chi connectivity index (χ4n) is 3.17. The van der Waals surface area contributed by atoms with Gasteiger partial charge in [0.05, 0.1) is 18.3 Å². The third-order valence-corrected chi connectivity index (χ3v) is 5.51. The Kier molecular flexibility index (Phi) is 3.99. The lowest BCUT2D eigenvalue weighted by Crippen LogP contribution is -2.40. The van der Waals surface area contributed by atoms with E-state index >= 15 is 0 Å². The molecular weight excluding hydrogens is 351 g/mol. The summed E-state index contributed by atoms with van der Waals surface area (Å²) in [7, 11) is -2.62. The van der Waals surface area contributed by atoms with Crippen LogP contribution in [0.4, 0.5) is 0 Å². The molecule has 1 saturated carbocycles. The highest BCUT2D eigenvalue weighted by Gasteiger charge is 2.26. The number of hydrogen-bond acceptors (Lipinski definition) is 4. The van der Waals surface area contributed by atoms with Gasteiger partial charge in [-0.25, -0.2) is 14.3 Å². The third kappa shape index (κ3) is 3.07. The van der Waals surface area contributed by atoms with E-state index in [0.29, 0.717) is 29.3 Å². The number of aromatic nitrogens is 4. The monoisotopic (exact) mass is 372 g/mol. The number of imidazole rings is 1. The maximum Gasteiger partial charge on any atom is 0.337 e. The van der Waals surface area contributed by atoms with Crippen LogP contribution in [0, 0.1) is 5.92 Å². The molecule has 2 aromatic heterocycles. The minimum atomic E-state index is -2.62. The van der Waals surface area contributed by atoms with Crippen LogP contribution in [0.25, 0.3) is 16.9 Å². The van der Waals surface area contributed by atoms with E-state index in [9.17, 15) is 14.2 Å². The largest absolute Gasteiger partial charge is 0.337 e.